The van der Waals surface area contributed by atoms with E-state index in [9.17, 15) is 10.1 Å². The number of amides is 1. The number of nitrogens with one attached hydrogen (secondary N) is 1. The number of carbonyl (C=O) groups excluding carboxylic acids is 1. The maximum atomic E-state index is 12.4. The van der Waals surface area contributed by atoms with Crippen LogP contribution in [0.25, 0.3) is 0 Å². The first-order valence-corrected chi connectivity index (χ1v) is 8.94. The minimum absolute atomic E-state index is 0.194. The van der Waals surface area contributed by atoms with Crippen LogP contribution in [0.1, 0.15) is 42.5 Å². The molecule has 1 N–H and O–H groups in total. The summed E-state index contributed by atoms with van der Waals surface area (Å²) in [4.78, 5) is 12.4. The predicted octanol–water partition coefficient (Wildman–Crippen LogP) is 3.14. The van der Waals surface area contributed by atoms with Crippen molar-refractivity contribution < 1.29 is 9.53 Å². The van der Waals surface area contributed by atoms with E-state index in [2.05, 4.69) is 11.4 Å². The van der Waals surface area contributed by atoms with Gasteiger partial charge in [-0.15, -0.1) is 0 Å². The van der Waals surface area contributed by atoms with Crippen molar-refractivity contribution in [2.24, 2.45) is 0 Å². The fraction of sp³-hybridized carbons (Fsp3) is 0.529. The number of thioether (sulfide) groups is 1. The number of ether oxygens (including phenoxy) is 1. The molecule has 4 nitrogen and oxygen atoms in total. The van der Waals surface area contributed by atoms with E-state index in [-0.39, 0.29) is 12.0 Å². The number of benzene rings is 1. The molecule has 116 valence electrons. The van der Waals surface area contributed by atoms with E-state index < -0.39 is 5.54 Å². The summed E-state index contributed by atoms with van der Waals surface area (Å²) in [5.74, 6) is 2.12. The molecule has 1 saturated carbocycles. The number of nitriles is 1. The summed E-state index contributed by atoms with van der Waals surface area (Å²) in [5, 5.41) is 12.3. The van der Waals surface area contributed by atoms with Crippen molar-refractivity contribution in [3.8, 4) is 11.8 Å². The van der Waals surface area contributed by atoms with E-state index in [4.69, 9.17) is 4.74 Å². The highest BCUT2D eigenvalue weighted by molar-refractivity contribution is 7.99. The van der Waals surface area contributed by atoms with Gasteiger partial charge in [-0.3, -0.25) is 4.79 Å². The van der Waals surface area contributed by atoms with Gasteiger partial charge in [0.15, 0.2) is 0 Å². The molecule has 0 spiro atoms. The quantitative estimate of drug-likeness (QED) is 0.927. The Labute approximate surface area is 135 Å². The highest BCUT2D eigenvalue weighted by Gasteiger charge is 2.36. The topological polar surface area (TPSA) is 62.1 Å². The van der Waals surface area contributed by atoms with Gasteiger partial charge in [-0.1, -0.05) is 6.07 Å². The lowest BCUT2D eigenvalue weighted by atomic mass is 10.0. The van der Waals surface area contributed by atoms with Crippen LogP contribution in [-0.4, -0.2) is 29.1 Å². The molecule has 1 aliphatic carbocycles. The van der Waals surface area contributed by atoms with Gasteiger partial charge >= 0.3 is 0 Å². The van der Waals surface area contributed by atoms with Crippen molar-refractivity contribution >= 4 is 17.7 Å². The number of rotatable bonds is 4. The zero-order valence-electron chi connectivity index (χ0n) is 12.5. The summed E-state index contributed by atoms with van der Waals surface area (Å²) >= 11 is 1.71. The third-order valence-electron chi connectivity index (χ3n) is 4.29. The maximum Gasteiger partial charge on any atom is 0.252 e. The Bertz CT molecular complexity index is 585. The van der Waals surface area contributed by atoms with Crippen molar-refractivity contribution in [2.45, 2.75) is 43.7 Å². The maximum absolute atomic E-state index is 12.4. The normalized spacial score (nSPS) is 24.9. The van der Waals surface area contributed by atoms with Crippen LogP contribution >= 0.6 is 11.8 Å². The average molecular weight is 316 g/mol. The van der Waals surface area contributed by atoms with Crippen molar-refractivity contribution in [1.29, 1.82) is 5.26 Å². The zero-order valence-corrected chi connectivity index (χ0v) is 13.3. The largest absolute Gasteiger partial charge is 0.490 e. The fourth-order valence-corrected chi connectivity index (χ4v) is 4.25. The highest BCUT2D eigenvalue weighted by atomic mass is 32.2. The average Bonchev–Trinajstić information content (AvgIpc) is 3.20. The monoisotopic (exact) mass is 316 g/mol. The smallest absolute Gasteiger partial charge is 0.252 e. The van der Waals surface area contributed by atoms with Gasteiger partial charge in [0, 0.05) is 11.3 Å². The SMILES string of the molecule is N#C[C@]1(NC(=O)c2cccc(OC3CCCC3)c2)CCSC1. The van der Waals surface area contributed by atoms with Crippen LogP contribution in [0, 0.1) is 11.3 Å². The molecular weight excluding hydrogens is 296 g/mol. The van der Waals surface area contributed by atoms with Crippen LogP contribution in [0.4, 0.5) is 0 Å². The molecule has 1 heterocycles. The molecule has 22 heavy (non-hydrogen) atoms. The van der Waals surface area contributed by atoms with Gasteiger partial charge in [0.05, 0.1) is 12.2 Å². The van der Waals surface area contributed by atoms with Crippen molar-refractivity contribution in [1.82, 2.24) is 5.32 Å². The molecule has 0 radical (unpaired) electrons. The van der Waals surface area contributed by atoms with Gasteiger partial charge in [0.1, 0.15) is 11.3 Å². The summed E-state index contributed by atoms with van der Waals surface area (Å²) < 4.78 is 5.94. The first-order valence-electron chi connectivity index (χ1n) is 7.79. The standard InChI is InChI=1S/C17H20N2O2S/c18-11-17(8-9-22-12-17)19-16(20)13-4-3-7-15(10-13)21-14-5-1-2-6-14/h3-4,7,10,14H,1-2,5-6,8-9,12H2,(H,19,20)/t17-/m1/s1. The van der Waals surface area contributed by atoms with Crippen LogP contribution in [0.2, 0.25) is 0 Å². The molecule has 1 aliphatic heterocycles. The second-order valence-corrected chi connectivity index (χ2v) is 7.11. The second-order valence-electron chi connectivity index (χ2n) is 6.00. The van der Waals surface area contributed by atoms with E-state index in [1.807, 2.05) is 12.1 Å². The van der Waals surface area contributed by atoms with Crippen LogP contribution < -0.4 is 10.1 Å². The van der Waals surface area contributed by atoms with Crippen molar-refractivity contribution in [2.75, 3.05) is 11.5 Å². The molecule has 0 unspecified atom stereocenters. The summed E-state index contributed by atoms with van der Waals surface area (Å²) in [6.45, 7) is 0. The van der Waals surface area contributed by atoms with E-state index in [0.29, 0.717) is 17.7 Å². The van der Waals surface area contributed by atoms with Gasteiger partial charge in [-0.2, -0.15) is 17.0 Å². The van der Waals surface area contributed by atoms with Crippen molar-refractivity contribution in [3.63, 3.8) is 0 Å². The van der Waals surface area contributed by atoms with E-state index in [1.54, 1.807) is 23.9 Å². The van der Waals surface area contributed by atoms with Crippen LogP contribution in [0.5, 0.6) is 5.75 Å². The molecule has 1 amide bonds. The number of hydrogen-bond acceptors (Lipinski definition) is 4. The van der Waals surface area contributed by atoms with E-state index in [0.717, 1.165) is 24.3 Å². The Kier molecular flexibility index (Phi) is 4.58. The van der Waals surface area contributed by atoms with Crippen LogP contribution in [-0.2, 0) is 0 Å². The van der Waals surface area contributed by atoms with Crippen molar-refractivity contribution in [3.05, 3.63) is 29.8 Å². The predicted molar refractivity (Wildman–Crippen MR) is 87.1 cm³/mol. The fourth-order valence-electron chi connectivity index (χ4n) is 2.98. The lowest BCUT2D eigenvalue weighted by molar-refractivity contribution is 0.0925. The lowest BCUT2D eigenvalue weighted by Crippen LogP contribution is -2.47. The molecular formula is C17H20N2O2S. The van der Waals surface area contributed by atoms with Gasteiger partial charge in [-0.25, -0.2) is 0 Å². The lowest BCUT2D eigenvalue weighted by Gasteiger charge is -2.21. The Morgan fingerprint density at radius 1 is 1.41 bits per heavy atom. The van der Waals surface area contributed by atoms with Gasteiger partial charge in [-0.05, 0) is 56.1 Å². The Hall–Kier alpha value is -1.67. The molecule has 0 bridgehead atoms. The first-order chi connectivity index (χ1) is 10.7. The van der Waals surface area contributed by atoms with Crippen LogP contribution in [0.15, 0.2) is 24.3 Å². The minimum Gasteiger partial charge on any atom is -0.490 e. The Morgan fingerprint density at radius 2 is 2.23 bits per heavy atom. The summed E-state index contributed by atoms with van der Waals surface area (Å²) in [5.41, 5.74) is -0.161. The number of nitrogens with zero attached hydrogens (tertiary/aromatic N) is 1. The zero-order chi connectivity index (χ0) is 15.4. The first kappa shape index (κ1) is 15.2. The minimum atomic E-state index is -0.718. The molecule has 1 atom stereocenters. The van der Waals surface area contributed by atoms with Gasteiger partial charge < -0.3 is 10.1 Å². The molecule has 1 saturated heterocycles. The molecule has 5 heteroatoms. The van der Waals surface area contributed by atoms with E-state index >= 15 is 0 Å². The second kappa shape index (κ2) is 6.62. The van der Waals surface area contributed by atoms with Gasteiger partial charge in [0.2, 0.25) is 0 Å². The highest BCUT2D eigenvalue weighted by Crippen LogP contribution is 2.28. The molecule has 2 fully saturated rings. The summed E-state index contributed by atoms with van der Waals surface area (Å²) in [7, 11) is 0. The number of carbonyl (C=O) groups is 1. The number of hydrogen-bond donors (Lipinski definition) is 1. The summed E-state index contributed by atoms with van der Waals surface area (Å²) in [6, 6.07) is 9.54. The van der Waals surface area contributed by atoms with Crippen LogP contribution in [0.3, 0.4) is 0 Å². The van der Waals surface area contributed by atoms with E-state index in [1.165, 1.54) is 12.8 Å². The third-order valence-corrected chi connectivity index (χ3v) is 5.48. The van der Waals surface area contributed by atoms with Gasteiger partial charge in [0.25, 0.3) is 5.91 Å². The Balaban J connectivity index is 1.68. The third kappa shape index (κ3) is 3.38. The summed E-state index contributed by atoms with van der Waals surface area (Å²) in [6.07, 6.45) is 5.59. The molecule has 3 rings (SSSR count). The Morgan fingerprint density at radius 3 is 2.91 bits per heavy atom. The molecule has 2 aliphatic rings. The molecule has 0 aromatic heterocycles. The molecule has 1 aromatic carbocycles. The molecule has 1 aromatic rings.